The van der Waals surface area contributed by atoms with E-state index in [9.17, 15) is 4.79 Å². The molecule has 8 heteroatoms. The lowest BCUT2D eigenvalue weighted by Crippen LogP contribution is -2.45. The number of hydrogen-bond donors (Lipinski definition) is 1. The Morgan fingerprint density at radius 1 is 1.19 bits per heavy atom. The summed E-state index contributed by atoms with van der Waals surface area (Å²) in [6, 6.07) is 17.2. The first-order chi connectivity index (χ1) is 15.5. The minimum atomic E-state index is -0.115. The van der Waals surface area contributed by atoms with Crippen LogP contribution in [0.15, 0.2) is 54.7 Å². The van der Waals surface area contributed by atoms with Gasteiger partial charge in [-0.1, -0.05) is 6.07 Å². The molecular formula is C24H23N7O. The van der Waals surface area contributed by atoms with Gasteiger partial charge in [-0.25, -0.2) is 4.68 Å². The predicted molar refractivity (Wildman–Crippen MR) is 121 cm³/mol. The first kappa shape index (κ1) is 20.0. The molecule has 1 amide bonds. The molecule has 8 nitrogen and oxygen atoms in total. The number of benzene rings is 2. The molecule has 1 unspecified atom stereocenters. The highest BCUT2D eigenvalue weighted by Crippen LogP contribution is 2.28. The topological polar surface area (TPSA) is 106 Å². The molecular weight excluding hydrogens is 402 g/mol. The Labute approximate surface area is 185 Å². The summed E-state index contributed by atoms with van der Waals surface area (Å²) in [4.78, 5) is 15.0. The van der Waals surface area contributed by atoms with Crippen molar-refractivity contribution in [3.05, 3.63) is 66.0 Å². The first-order valence-corrected chi connectivity index (χ1v) is 10.6. The molecule has 1 fully saturated rings. The SMILES string of the molecule is Cn1ncc2cc(-c3cc(C(=O)N4CCCC(N)C4)nn3-c3ccc(C#N)cc3)ccc21. The molecule has 1 aliphatic heterocycles. The molecule has 1 saturated heterocycles. The Morgan fingerprint density at radius 3 is 2.75 bits per heavy atom. The van der Waals surface area contributed by atoms with E-state index in [0.717, 1.165) is 40.7 Å². The molecule has 32 heavy (non-hydrogen) atoms. The number of nitrogens with two attached hydrogens (primary N) is 1. The van der Waals surface area contributed by atoms with E-state index in [1.165, 1.54) is 0 Å². The van der Waals surface area contributed by atoms with Crippen molar-refractivity contribution in [3.8, 4) is 23.0 Å². The fourth-order valence-electron chi connectivity index (χ4n) is 4.24. The zero-order chi connectivity index (χ0) is 22.2. The molecule has 1 aliphatic rings. The molecule has 2 aromatic carbocycles. The van der Waals surface area contributed by atoms with Gasteiger partial charge in [-0.3, -0.25) is 9.48 Å². The van der Waals surface area contributed by atoms with Crippen molar-refractivity contribution in [2.75, 3.05) is 13.1 Å². The number of aromatic nitrogens is 4. The number of aryl methyl sites for hydroxylation is 1. The monoisotopic (exact) mass is 425 g/mol. The van der Waals surface area contributed by atoms with Gasteiger partial charge in [-0.05, 0) is 55.3 Å². The summed E-state index contributed by atoms with van der Waals surface area (Å²) in [6.45, 7) is 1.23. The second-order valence-corrected chi connectivity index (χ2v) is 8.18. The van der Waals surface area contributed by atoms with Gasteiger partial charge in [-0.2, -0.15) is 15.5 Å². The zero-order valence-electron chi connectivity index (χ0n) is 17.8. The molecule has 0 saturated carbocycles. The second-order valence-electron chi connectivity index (χ2n) is 8.18. The van der Waals surface area contributed by atoms with E-state index in [4.69, 9.17) is 11.0 Å². The fourth-order valence-corrected chi connectivity index (χ4v) is 4.24. The zero-order valence-corrected chi connectivity index (χ0v) is 17.8. The van der Waals surface area contributed by atoms with Crippen LogP contribution in [0, 0.1) is 11.3 Å². The summed E-state index contributed by atoms with van der Waals surface area (Å²) in [5, 5.41) is 19.1. The van der Waals surface area contributed by atoms with E-state index < -0.39 is 0 Å². The summed E-state index contributed by atoms with van der Waals surface area (Å²) in [7, 11) is 1.91. The molecule has 0 bridgehead atoms. The van der Waals surface area contributed by atoms with Gasteiger partial charge in [-0.15, -0.1) is 0 Å². The van der Waals surface area contributed by atoms with Crippen molar-refractivity contribution in [2.45, 2.75) is 18.9 Å². The third-order valence-corrected chi connectivity index (χ3v) is 5.96. The summed E-state index contributed by atoms with van der Waals surface area (Å²) in [5.41, 5.74) is 10.6. The standard InChI is InChI=1S/C24H23N7O/c1-29-22-9-6-17(11-18(22)14-27-29)23-12-21(24(32)30-10-2-3-19(26)15-30)28-31(23)20-7-4-16(13-25)5-8-20/h4-9,11-12,14,19H,2-3,10,15,26H2,1H3. The Hall–Kier alpha value is -3.96. The molecule has 2 aromatic heterocycles. The highest BCUT2D eigenvalue weighted by atomic mass is 16.2. The molecule has 0 aliphatic carbocycles. The van der Waals surface area contributed by atoms with Gasteiger partial charge in [0.2, 0.25) is 0 Å². The Bertz CT molecular complexity index is 1340. The second kappa shape index (κ2) is 7.94. The number of fused-ring (bicyclic) bond motifs is 1. The summed E-state index contributed by atoms with van der Waals surface area (Å²) in [6.07, 6.45) is 3.65. The van der Waals surface area contributed by atoms with E-state index in [-0.39, 0.29) is 11.9 Å². The largest absolute Gasteiger partial charge is 0.336 e. The molecule has 1 atom stereocenters. The number of hydrogen-bond acceptors (Lipinski definition) is 5. The maximum absolute atomic E-state index is 13.2. The lowest BCUT2D eigenvalue weighted by atomic mass is 10.1. The number of rotatable bonds is 3. The summed E-state index contributed by atoms with van der Waals surface area (Å²) >= 11 is 0. The number of nitriles is 1. The Balaban J connectivity index is 1.61. The van der Waals surface area contributed by atoms with Gasteiger partial charge < -0.3 is 10.6 Å². The van der Waals surface area contributed by atoms with Crippen LogP contribution in [-0.2, 0) is 7.05 Å². The van der Waals surface area contributed by atoms with Crippen LogP contribution in [0.25, 0.3) is 27.8 Å². The molecule has 5 rings (SSSR count). The molecule has 0 spiro atoms. The fraction of sp³-hybridized carbons (Fsp3) is 0.250. The van der Waals surface area contributed by atoms with Crippen LogP contribution < -0.4 is 5.73 Å². The molecule has 160 valence electrons. The van der Waals surface area contributed by atoms with E-state index in [1.807, 2.05) is 54.3 Å². The van der Waals surface area contributed by atoms with Gasteiger partial charge in [0, 0.05) is 37.1 Å². The van der Waals surface area contributed by atoms with Crippen LogP contribution in [-0.4, -0.2) is 49.5 Å². The van der Waals surface area contributed by atoms with Gasteiger partial charge in [0.05, 0.1) is 34.7 Å². The van der Waals surface area contributed by atoms with E-state index in [1.54, 1.807) is 21.7 Å². The quantitative estimate of drug-likeness (QED) is 0.543. The molecule has 0 radical (unpaired) electrons. The Morgan fingerprint density at radius 2 is 2.00 bits per heavy atom. The normalized spacial score (nSPS) is 16.3. The number of piperidine rings is 1. The lowest BCUT2D eigenvalue weighted by molar-refractivity contribution is 0.0702. The average molecular weight is 425 g/mol. The molecule has 4 aromatic rings. The van der Waals surface area contributed by atoms with Crippen LogP contribution in [0.3, 0.4) is 0 Å². The van der Waals surface area contributed by atoms with Crippen LogP contribution >= 0.6 is 0 Å². The predicted octanol–water partition coefficient (Wildman–Crippen LogP) is 2.86. The van der Waals surface area contributed by atoms with Crippen molar-refractivity contribution >= 4 is 16.8 Å². The number of carbonyl (C=O) groups is 1. The smallest absolute Gasteiger partial charge is 0.274 e. The first-order valence-electron chi connectivity index (χ1n) is 10.6. The highest BCUT2D eigenvalue weighted by molar-refractivity contribution is 5.94. The highest BCUT2D eigenvalue weighted by Gasteiger charge is 2.26. The lowest BCUT2D eigenvalue weighted by Gasteiger charge is -2.30. The third-order valence-electron chi connectivity index (χ3n) is 5.96. The van der Waals surface area contributed by atoms with Crippen molar-refractivity contribution in [1.82, 2.24) is 24.5 Å². The minimum absolute atomic E-state index is 0.000713. The van der Waals surface area contributed by atoms with Crippen molar-refractivity contribution in [2.24, 2.45) is 12.8 Å². The maximum Gasteiger partial charge on any atom is 0.274 e. The van der Waals surface area contributed by atoms with Gasteiger partial charge >= 0.3 is 0 Å². The van der Waals surface area contributed by atoms with Crippen molar-refractivity contribution in [1.29, 1.82) is 5.26 Å². The van der Waals surface area contributed by atoms with Crippen LogP contribution in [0.1, 0.15) is 28.9 Å². The van der Waals surface area contributed by atoms with E-state index in [0.29, 0.717) is 24.3 Å². The van der Waals surface area contributed by atoms with E-state index in [2.05, 4.69) is 16.3 Å². The van der Waals surface area contributed by atoms with Crippen LogP contribution in [0.4, 0.5) is 0 Å². The van der Waals surface area contributed by atoms with Gasteiger partial charge in [0.1, 0.15) is 0 Å². The Kier molecular flexibility index (Phi) is 4.96. The number of amides is 1. The van der Waals surface area contributed by atoms with Gasteiger partial charge in [0.15, 0.2) is 5.69 Å². The average Bonchev–Trinajstić information content (AvgIpc) is 3.43. The summed E-state index contributed by atoms with van der Waals surface area (Å²) in [5.74, 6) is -0.115. The van der Waals surface area contributed by atoms with Gasteiger partial charge in [0.25, 0.3) is 5.91 Å². The van der Waals surface area contributed by atoms with Crippen LogP contribution in [0.5, 0.6) is 0 Å². The van der Waals surface area contributed by atoms with Crippen molar-refractivity contribution < 1.29 is 4.79 Å². The molecule has 2 N–H and O–H groups in total. The van der Waals surface area contributed by atoms with Crippen molar-refractivity contribution in [3.63, 3.8) is 0 Å². The van der Waals surface area contributed by atoms with Crippen LogP contribution in [0.2, 0.25) is 0 Å². The summed E-state index contributed by atoms with van der Waals surface area (Å²) < 4.78 is 3.58. The number of likely N-dealkylation sites (tertiary alicyclic amines) is 1. The third kappa shape index (κ3) is 3.53. The number of nitrogens with zero attached hydrogens (tertiary/aromatic N) is 6. The van der Waals surface area contributed by atoms with E-state index >= 15 is 0 Å². The minimum Gasteiger partial charge on any atom is -0.336 e. The number of carbonyl (C=O) groups excluding carboxylic acids is 1. The molecule has 3 heterocycles. The maximum atomic E-state index is 13.2.